The lowest BCUT2D eigenvalue weighted by Gasteiger charge is -2.19. The maximum atomic E-state index is 5.72. The Morgan fingerprint density at radius 1 is 1.47 bits per heavy atom. The second-order valence-electron chi connectivity index (χ2n) is 5.08. The summed E-state index contributed by atoms with van der Waals surface area (Å²) in [4.78, 5) is 10.7. The van der Waals surface area contributed by atoms with Crippen LogP contribution < -0.4 is 10.1 Å². The minimum absolute atomic E-state index is 0.661. The van der Waals surface area contributed by atoms with Crippen molar-refractivity contribution in [2.24, 2.45) is 0 Å². The summed E-state index contributed by atoms with van der Waals surface area (Å²) in [5, 5.41) is 3.23. The van der Waals surface area contributed by atoms with Gasteiger partial charge in [-0.1, -0.05) is 6.92 Å². The average Bonchev–Trinajstić information content (AvgIpc) is 2.83. The molecule has 0 bridgehead atoms. The van der Waals surface area contributed by atoms with Crippen LogP contribution in [-0.2, 0) is 0 Å². The fraction of sp³-hybridized carbons (Fsp3) is 0.714. The highest BCUT2D eigenvalue weighted by atomic mass is 16.5. The minimum Gasteiger partial charge on any atom is -0.477 e. The van der Waals surface area contributed by atoms with Crippen molar-refractivity contribution in [2.45, 2.75) is 38.6 Å². The third-order valence-corrected chi connectivity index (χ3v) is 3.57. The highest BCUT2D eigenvalue weighted by molar-refractivity contribution is 5.36. The van der Waals surface area contributed by atoms with Gasteiger partial charge < -0.3 is 15.0 Å². The van der Waals surface area contributed by atoms with E-state index in [-0.39, 0.29) is 0 Å². The Labute approximate surface area is 115 Å². The molecule has 1 N–H and O–H groups in total. The first-order valence-corrected chi connectivity index (χ1v) is 7.18. The Kier molecular flexibility index (Phi) is 5.39. The zero-order valence-corrected chi connectivity index (χ0v) is 11.9. The van der Waals surface area contributed by atoms with Crippen LogP contribution in [-0.4, -0.2) is 47.7 Å². The number of hydrogen-bond donors (Lipinski definition) is 1. The molecule has 5 nitrogen and oxygen atoms in total. The standard InChI is InChI=1S/C14H24N4O/c1-3-7-15-13-10-14(17-11-16-13)19-9-6-12-5-4-8-18(12)2/h10-12H,3-9H2,1-2H3,(H,15,16,17). The smallest absolute Gasteiger partial charge is 0.218 e. The number of nitrogens with zero attached hydrogens (tertiary/aromatic N) is 3. The molecule has 1 atom stereocenters. The summed E-state index contributed by atoms with van der Waals surface area (Å²) in [6.45, 7) is 4.98. The molecule has 0 saturated carbocycles. The van der Waals surface area contributed by atoms with Crippen molar-refractivity contribution in [3.63, 3.8) is 0 Å². The Balaban J connectivity index is 1.75. The van der Waals surface area contributed by atoms with Crippen molar-refractivity contribution >= 4 is 5.82 Å². The maximum absolute atomic E-state index is 5.72. The summed E-state index contributed by atoms with van der Waals surface area (Å²) in [6.07, 6.45) is 6.29. The molecule has 0 aliphatic carbocycles. The molecule has 1 aromatic rings. The summed E-state index contributed by atoms with van der Waals surface area (Å²) in [7, 11) is 2.19. The molecule has 1 unspecified atom stereocenters. The second-order valence-corrected chi connectivity index (χ2v) is 5.08. The SMILES string of the molecule is CCCNc1cc(OCCC2CCCN2C)ncn1. The van der Waals surface area contributed by atoms with Crippen LogP contribution >= 0.6 is 0 Å². The summed E-state index contributed by atoms with van der Waals surface area (Å²) >= 11 is 0. The number of aromatic nitrogens is 2. The van der Waals surface area contributed by atoms with Crippen LogP contribution in [0, 0.1) is 0 Å². The molecule has 0 aromatic carbocycles. The fourth-order valence-corrected chi connectivity index (χ4v) is 2.41. The van der Waals surface area contributed by atoms with Crippen LogP contribution in [0.5, 0.6) is 5.88 Å². The summed E-state index contributed by atoms with van der Waals surface area (Å²) in [5.74, 6) is 1.50. The monoisotopic (exact) mass is 264 g/mol. The van der Waals surface area contributed by atoms with E-state index in [1.807, 2.05) is 6.07 Å². The van der Waals surface area contributed by atoms with Gasteiger partial charge in [-0.2, -0.15) is 0 Å². The first-order valence-electron chi connectivity index (χ1n) is 7.18. The molecule has 0 spiro atoms. The predicted octanol–water partition coefficient (Wildman–Crippen LogP) is 2.16. The molecular formula is C14H24N4O. The van der Waals surface area contributed by atoms with Crippen molar-refractivity contribution in [1.29, 1.82) is 0 Å². The lowest BCUT2D eigenvalue weighted by molar-refractivity contribution is 0.228. The van der Waals surface area contributed by atoms with E-state index in [2.05, 4.69) is 34.2 Å². The van der Waals surface area contributed by atoms with Crippen LogP contribution in [0.4, 0.5) is 5.82 Å². The van der Waals surface area contributed by atoms with E-state index >= 15 is 0 Å². The van der Waals surface area contributed by atoms with Crippen molar-refractivity contribution in [2.75, 3.05) is 32.1 Å². The van der Waals surface area contributed by atoms with Gasteiger partial charge in [0.25, 0.3) is 0 Å². The molecule has 1 fully saturated rings. The van der Waals surface area contributed by atoms with E-state index in [0.717, 1.165) is 31.8 Å². The topological polar surface area (TPSA) is 50.3 Å². The van der Waals surface area contributed by atoms with Gasteiger partial charge in [0.15, 0.2) is 0 Å². The predicted molar refractivity (Wildman–Crippen MR) is 76.6 cm³/mol. The van der Waals surface area contributed by atoms with E-state index in [9.17, 15) is 0 Å². The Bertz CT molecular complexity index is 385. The summed E-state index contributed by atoms with van der Waals surface area (Å²) in [5.41, 5.74) is 0. The third kappa shape index (κ3) is 4.35. The summed E-state index contributed by atoms with van der Waals surface area (Å²) < 4.78 is 5.72. The molecule has 2 heterocycles. The molecule has 1 aliphatic heterocycles. The van der Waals surface area contributed by atoms with Crippen molar-refractivity contribution < 1.29 is 4.74 Å². The molecule has 1 aromatic heterocycles. The van der Waals surface area contributed by atoms with Crippen LogP contribution in [0.15, 0.2) is 12.4 Å². The zero-order chi connectivity index (χ0) is 13.5. The molecule has 5 heteroatoms. The van der Waals surface area contributed by atoms with Crippen LogP contribution in [0.2, 0.25) is 0 Å². The van der Waals surface area contributed by atoms with Gasteiger partial charge in [-0.05, 0) is 39.3 Å². The van der Waals surface area contributed by atoms with Crippen molar-refractivity contribution in [3.8, 4) is 5.88 Å². The molecule has 19 heavy (non-hydrogen) atoms. The van der Waals surface area contributed by atoms with Crippen LogP contribution in [0.3, 0.4) is 0 Å². The fourth-order valence-electron chi connectivity index (χ4n) is 2.41. The van der Waals surface area contributed by atoms with E-state index in [1.54, 1.807) is 6.33 Å². The third-order valence-electron chi connectivity index (χ3n) is 3.57. The zero-order valence-electron chi connectivity index (χ0n) is 11.9. The molecule has 1 aliphatic rings. The van der Waals surface area contributed by atoms with Crippen LogP contribution in [0.25, 0.3) is 0 Å². The molecular weight excluding hydrogens is 240 g/mol. The number of rotatable bonds is 7. The highest BCUT2D eigenvalue weighted by Crippen LogP contribution is 2.18. The van der Waals surface area contributed by atoms with Crippen molar-refractivity contribution in [1.82, 2.24) is 14.9 Å². The number of hydrogen-bond acceptors (Lipinski definition) is 5. The molecule has 1 saturated heterocycles. The van der Waals surface area contributed by atoms with Gasteiger partial charge in [0, 0.05) is 18.7 Å². The van der Waals surface area contributed by atoms with Crippen molar-refractivity contribution in [3.05, 3.63) is 12.4 Å². The quantitative estimate of drug-likeness (QED) is 0.818. The lowest BCUT2D eigenvalue weighted by atomic mass is 10.1. The number of nitrogens with one attached hydrogen (secondary N) is 1. The first-order chi connectivity index (χ1) is 9.29. The second kappa shape index (κ2) is 7.28. The van der Waals surface area contributed by atoms with Gasteiger partial charge >= 0.3 is 0 Å². The van der Waals surface area contributed by atoms with Crippen LogP contribution in [0.1, 0.15) is 32.6 Å². The van der Waals surface area contributed by atoms with Gasteiger partial charge in [0.2, 0.25) is 5.88 Å². The largest absolute Gasteiger partial charge is 0.477 e. The van der Waals surface area contributed by atoms with E-state index < -0.39 is 0 Å². The molecule has 0 radical (unpaired) electrons. The number of anilines is 1. The first kappa shape index (κ1) is 14.1. The number of ether oxygens (including phenoxy) is 1. The van der Waals surface area contributed by atoms with Gasteiger partial charge in [-0.3, -0.25) is 0 Å². The maximum Gasteiger partial charge on any atom is 0.218 e. The molecule has 2 rings (SSSR count). The van der Waals surface area contributed by atoms with Gasteiger partial charge in [-0.25, -0.2) is 9.97 Å². The Morgan fingerprint density at radius 3 is 3.11 bits per heavy atom. The van der Waals surface area contributed by atoms with Gasteiger partial charge in [0.1, 0.15) is 12.1 Å². The lowest BCUT2D eigenvalue weighted by Crippen LogP contribution is -2.26. The van der Waals surface area contributed by atoms with E-state index in [0.29, 0.717) is 11.9 Å². The highest BCUT2D eigenvalue weighted by Gasteiger charge is 2.20. The normalized spacial score (nSPS) is 19.6. The summed E-state index contributed by atoms with van der Waals surface area (Å²) in [6, 6.07) is 2.54. The molecule has 106 valence electrons. The molecule has 0 amide bonds. The Hall–Kier alpha value is -1.36. The Morgan fingerprint density at radius 2 is 2.37 bits per heavy atom. The van der Waals surface area contributed by atoms with E-state index in [4.69, 9.17) is 4.74 Å². The number of likely N-dealkylation sites (tertiary alicyclic amines) is 1. The average molecular weight is 264 g/mol. The minimum atomic E-state index is 0.661. The van der Waals surface area contributed by atoms with Gasteiger partial charge in [0.05, 0.1) is 6.61 Å². The van der Waals surface area contributed by atoms with Gasteiger partial charge in [-0.15, -0.1) is 0 Å². The van der Waals surface area contributed by atoms with E-state index in [1.165, 1.54) is 19.4 Å².